The fourth-order valence-electron chi connectivity index (χ4n) is 13.0. The maximum absolute atomic E-state index is 15.2. The molecule has 8 heterocycles. The smallest absolute Gasteiger partial charge is 0.404 e. The van der Waals surface area contributed by atoms with Crippen molar-refractivity contribution in [1.82, 2.24) is 72.0 Å². The fourth-order valence-corrected chi connectivity index (χ4v) is 17.0. The van der Waals surface area contributed by atoms with Gasteiger partial charge in [0.15, 0.2) is 18.7 Å². The van der Waals surface area contributed by atoms with Gasteiger partial charge in [0.05, 0.1) is 85.2 Å². The quantitative estimate of drug-likeness (QED) is 0.00987. The van der Waals surface area contributed by atoms with E-state index in [1.807, 2.05) is 6.07 Å². The minimum atomic E-state index is -2.20. The average molecular weight is 1800 g/mol. The number of β-lactam (4-membered cyclic amide) rings is 1. The average Bonchev–Trinajstić information content (AvgIpc) is 1.56. The number of anilines is 1. The van der Waals surface area contributed by atoms with Gasteiger partial charge >= 0.3 is 12.1 Å². The second kappa shape index (κ2) is 44.3. The standard InChI is InChI=1S/C55H83N17O21S3.C16H19N3O4S.ClH/c1-20-33(69-46(72-44(20)58)25(12-31(57)76)64-13-24(56)45(59)82)50(86)71-35(41(26-14-61-19-65-26)91-54-43(39(80)37(78)29(15-73)90-54)92-53-40(81)42(93-55(60)88)38(79)30(16-74)89-53)51(87)66-22(3)36(77)21(2)47(83)70-34(23(4)75)49(85)63-10-8-32-67-28(18-94-32)52-68-27(17-95-52)48(84)62-9-7-11-96(5)6;1-16(2)11(15(22)23)19-13(21)10(14(19)24-16)18-12(20)9(17)8-6-4-3-5-7-8;/h14,17-19,21-25,29-30,34-43,53-54,64,73-75,77-81H,7-13,15-16,56H2,1-6H3,(H13-,57,58,59,60,61,62,63,65,66,69,70,71,72,76,82,83,84,85,86,87,88);3-7,9-11,14H,17H2,1-2H3,(H,18,20)(H,22,23);1H/t21-,22+,23+,24-,25-,29-,30-,34-,35-,36-,37-,38-,39+,40-,41-,42+,43-,53-,54-;9-,10-,11+,14-;/m01./s1. The number of hydrogen-bond acceptors (Lipinski definition) is 36. The summed E-state index contributed by atoms with van der Waals surface area (Å²) in [6.45, 7) is 6.75. The molecule has 45 nitrogen and oxygen atoms in total. The minimum absolute atomic E-state index is 0. The lowest BCUT2D eigenvalue weighted by atomic mass is 9.95. The molecule has 0 bridgehead atoms. The van der Waals surface area contributed by atoms with Crippen LogP contribution in [0.4, 0.5) is 10.6 Å². The number of imidazole rings is 1. The molecule has 4 aliphatic heterocycles. The first-order valence-corrected chi connectivity index (χ1v) is 42.3. The van der Waals surface area contributed by atoms with E-state index in [0.29, 0.717) is 27.8 Å². The maximum atomic E-state index is 15.2. The predicted octanol–water partition coefficient (Wildman–Crippen LogP) is -10.4. The van der Waals surface area contributed by atoms with Crippen molar-refractivity contribution in [2.75, 3.05) is 56.8 Å². The topological polar surface area (TPSA) is 740 Å². The number of H-pyrrole nitrogens is 1. The van der Waals surface area contributed by atoms with Crippen LogP contribution in [0.3, 0.4) is 0 Å². The van der Waals surface area contributed by atoms with Gasteiger partial charge in [-0.2, -0.15) is 0 Å². The molecule has 4 aromatic heterocycles. The van der Waals surface area contributed by atoms with Crippen LogP contribution in [0, 0.1) is 12.8 Å². The fraction of sp³-hybridized carbons (Fsp3) is 0.577. The number of amides is 10. The zero-order valence-corrected chi connectivity index (χ0v) is 70.6. The number of nitrogens with one attached hydrogen (secondary N) is 8. The van der Waals surface area contributed by atoms with E-state index in [2.05, 4.69) is 79.6 Å². The number of rotatable bonds is 39. The van der Waals surface area contributed by atoms with Gasteiger partial charge in [0.2, 0.25) is 41.4 Å². The SMILES string of the molecule is CC1(C)S[C@@H]2[C@H](NC(=O)[C@H](N)c3ccccc3)C(=O)N2[C@H]1C(=O)O.Cc1c(N)nc([C@H](CC(N)=O)NC[C@H](N)C(N)=O)nc1C(=O)N[C@H](C(=O)N[C@H](C)[C@@H](O)[C@H](C)C(=O)N[C@H](C(=O)NCCc1nc(-c2nc(C(=O)NCCC[S+](C)C)cs2)cs1)[C@@H](C)O)[C@@H](O[C@@H]1O[C@@H](CO)[C@H](O)[C@@H](O)[C@@H]1O[C@@H]1O[C@@H](CO)[C@H](O)[C@@H](OC(N)=O)[C@@H]1O)c1cnc[nH]1.[Cl-]. The molecule has 23 atom stereocenters. The largest absolute Gasteiger partial charge is 1.00 e. The number of thiazole rings is 2. The number of carboxylic acid groups (broad SMARTS) is 1. The molecule has 1 aromatic carbocycles. The number of hydrogen-bond donors (Lipinski definition) is 23. The van der Waals surface area contributed by atoms with Crippen molar-refractivity contribution >= 4 is 116 Å². The van der Waals surface area contributed by atoms with Crippen molar-refractivity contribution in [3.05, 3.63) is 92.7 Å². The Bertz CT molecular complexity index is 4400. The van der Waals surface area contributed by atoms with E-state index in [0.717, 1.165) is 24.7 Å². The summed E-state index contributed by atoms with van der Waals surface area (Å²) in [6, 6.07) is -1.47. The molecule has 4 saturated heterocycles. The summed E-state index contributed by atoms with van der Waals surface area (Å²) in [4.78, 5) is 168. The molecule has 0 spiro atoms. The van der Waals surface area contributed by atoms with Gasteiger partial charge in [-0.3, -0.25) is 43.2 Å². The third-order valence-electron chi connectivity index (χ3n) is 19.7. The summed E-state index contributed by atoms with van der Waals surface area (Å²) in [5.74, 6) is -9.54. The predicted molar refractivity (Wildman–Crippen MR) is 428 cm³/mol. The van der Waals surface area contributed by atoms with Crippen LogP contribution in [-0.2, 0) is 79.4 Å². The molecule has 50 heteroatoms. The Morgan fingerprint density at radius 1 is 0.777 bits per heavy atom. The van der Waals surface area contributed by atoms with Crippen molar-refractivity contribution in [1.29, 1.82) is 0 Å². The van der Waals surface area contributed by atoms with Crippen LogP contribution < -0.4 is 84.0 Å². The van der Waals surface area contributed by atoms with Gasteiger partial charge in [-0.25, -0.2) is 34.5 Å². The number of fused-ring (bicyclic) bond motifs is 1. The molecule has 29 N–H and O–H groups in total. The number of primary amides is 3. The third-order valence-corrected chi connectivity index (χ3v) is 24.1. The monoisotopic (exact) mass is 1800 g/mol. The lowest BCUT2D eigenvalue weighted by molar-refractivity contribution is -0.372. The van der Waals surface area contributed by atoms with Crippen LogP contribution in [0.2, 0.25) is 0 Å². The summed E-state index contributed by atoms with van der Waals surface area (Å²) in [7, 11) is 0.254. The molecule has 0 aliphatic carbocycles. The van der Waals surface area contributed by atoms with E-state index in [1.165, 1.54) is 67.0 Å². The number of carboxylic acids is 1. The summed E-state index contributed by atoms with van der Waals surface area (Å²) < 4.78 is 28.1. The van der Waals surface area contributed by atoms with Gasteiger partial charge in [0, 0.05) is 60.0 Å². The number of nitrogens with zero attached hydrogens (tertiary/aromatic N) is 6. The Hall–Kier alpha value is -9.07. The van der Waals surface area contributed by atoms with Gasteiger partial charge in [-0.15, -0.1) is 34.4 Å². The van der Waals surface area contributed by atoms with Crippen molar-refractivity contribution in [2.24, 2.45) is 34.6 Å². The van der Waals surface area contributed by atoms with Crippen molar-refractivity contribution in [3.63, 3.8) is 0 Å². The van der Waals surface area contributed by atoms with Crippen LogP contribution in [0.25, 0.3) is 10.7 Å². The molecule has 668 valence electrons. The van der Waals surface area contributed by atoms with Gasteiger partial charge in [0.1, 0.15) is 124 Å². The molecule has 0 unspecified atom stereocenters. The first-order valence-electron chi connectivity index (χ1n) is 37.4. The summed E-state index contributed by atoms with van der Waals surface area (Å²) in [6.07, 6.45) is -20.0. The third kappa shape index (κ3) is 25.1. The Kier molecular flexibility index (Phi) is 36.3. The Labute approximate surface area is 713 Å². The number of aliphatic hydroxyl groups excluding tert-OH is 8. The first-order chi connectivity index (χ1) is 56.6. The van der Waals surface area contributed by atoms with Crippen LogP contribution in [0.5, 0.6) is 0 Å². The van der Waals surface area contributed by atoms with Crippen molar-refractivity contribution < 1.29 is 135 Å². The van der Waals surface area contributed by atoms with Gasteiger partial charge in [-0.1, -0.05) is 37.3 Å². The van der Waals surface area contributed by atoms with Crippen LogP contribution in [-0.4, -0.2) is 317 Å². The molecular weight excluding hydrogens is 1700 g/mol. The normalized spacial score (nSPS) is 24.7. The molecule has 4 aliphatic rings. The number of thioether (sulfide) groups is 1. The zero-order chi connectivity index (χ0) is 88.6. The van der Waals surface area contributed by atoms with E-state index < -0.39 is 217 Å². The highest BCUT2D eigenvalue weighted by Crippen LogP contribution is 2.51. The van der Waals surface area contributed by atoms with Gasteiger partial charge in [0.25, 0.3) is 11.8 Å². The van der Waals surface area contributed by atoms with Crippen molar-refractivity contribution in [3.8, 4) is 10.7 Å². The molecule has 9 rings (SSSR count). The Morgan fingerprint density at radius 3 is 2.06 bits per heavy atom. The highest BCUT2D eigenvalue weighted by Gasteiger charge is 2.64. The van der Waals surface area contributed by atoms with E-state index in [1.54, 1.807) is 48.9 Å². The number of benzene rings is 1. The number of nitrogen functional groups attached to an aromatic ring is 1. The van der Waals surface area contributed by atoms with Crippen LogP contribution in [0.15, 0.2) is 53.6 Å². The number of aromatic nitrogens is 6. The lowest BCUT2D eigenvalue weighted by Crippen LogP contribution is -3.00. The molecule has 5 aromatic rings. The summed E-state index contributed by atoms with van der Waals surface area (Å²) in [5.41, 5.74) is 34.7. The van der Waals surface area contributed by atoms with E-state index in [4.69, 9.17) is 58.1 Å². The van der Waals surface area contributed by atoms with E-state index in [-0.39, 0.29) is 88.6 Å². The highest BCUT2D eigenvalue weighted by atomic mass is 35.5. The molecule has 4 fully saturated rings. The van der Waals surface area contributed by atoms with Crippen molar-refractivity contribution in [2.45, 2.75) is 199 Å². The number of carbonyl (C=O) groups is 11. The van der Waals surface area contributed by atoms with E-state index >= 15 is 4.79 Å². The van der Waals surface area contributed by atoms with Gasteiger partial charge in [-0.05, 0) is 51.1 Å². The highest BCUT2D eigenvalue weighted by molar-refractivity contribution is 8.01. The van der Waals surface area contributed by atoms with Gasteiger partial charge < -0.3 is 164 Å². The zero-order valence-electron chi connectivity index (χ0n) is 66.6. The second-order valence-electron chi connectivity index (χ2n) is 29.3. The van der Waals surface area contributed by atoms with Crippen LogP contribution in [0.1, 0.15) is 114 Å². The van der Waals surface area contributed by atoms with E-state index in [9.17, 15) is 93.9 Å². The molecule has 0 saturated carbocycles. The Morgan fingerprint density at radius 2 is 1.45 bits per heavy atom. The number of nitrogens with two attached hydrogens (primary N) is 6. The first kappa shape index (κ1) is 99.0. The maximum Gasteiger partial charge on any atom is 0.404 e. The minimum Gasteiger partial charge on any atom is -1.00 e. The summed E-state index contributed by atoms with van der Waals surface area (Å²) in [5, 5.41) is 120. The number of aliphatic hydroxyl groups is 8. The number of aromatic amines is 1. The summed E-state index contributed by atoms with van der Waals surface area (Å²) >= 11 is 3.91. The molecule has 0 radical (unpaired) electrons. The Balaban J connectivity index is 0.000000684. The molecule has 10 amide bonds. The molecular formula is C71H103ClN20O25S4. The number of halogens is 1. The number of ether oxygens (including phenoxy) is 5. The lowest BCUT2D eigenvalue weighted by Gasteiger charge is -2.47. The second-order valence-corrected chi connectivity index (χ2v) is 35.2. The number of aliphatic carboxylic acids is 1. The number of carbonyl (C=O) groups excluding carboxylic acids is 10. The molecule has 121 heavy (non-hydrogen) atoms. The van der Waals surface area contributed by atoms with Crippen LogP contribution >= 0.6 is 34.4 Å².